The van der Waals surface area contributed by atoms with Crippen molar-refractivity contribution in [2.24, 2.45) is 0 Å². The predicted octanol–water partition coefficient (Wildman–Crippen LogP) is 1.30. The van der Waals surface area contributed by atoms with Crippen LogP contribution in [0.2, 0.25) is 0 Å². The molecule has 3 N–H and O–H groups in total. The van der Waals surface area contributed by atoms with Crippen LogP contribution in [0.3, 0.4) is 0 Å². The Kier molecular flexibility index (Phi) is 3.48. The topological polar surface area (TPSA) is 69.9 Å². The van der Waals surface area contributed by atoms with E-state index in [2.05, 4.69) is 0 Å². The van der Waals surface area contributed by atoms with Crippen LogP contribution in [0, 0.1) is 6.92 Å². The molecule has 4 nitrogen and oxygen atoms in total. The van der Waals surface area contributed by atoms with Gasteiger partial charge in [0.05, 0.1) is 6.61 Å². The Labute approximate surface area is 117 Å². The summed E-state index contributed by atoms with van der Waals surface area (Å²) in [5.74, 6) is 0. The lowest BCUT2D eigenvalue weighted by atomic mass is 9.94. The highest BCUT2D eigenvalue weighted by Gasteiger charge is 2.43. The molecule has 4 atom stereocenters. The monoisotopic (exact) mass is 274 g/mol. The number of hydrogen-bond acceptors (Lipinski definition) is 4. The van der Waals surface area contributed by atoms with Gasteiger partial charge in [-0.1, -0.05) is 30.3 Å². The summed E-state index contributed by atoms with van der Waals surface area (Å²) in [4.78, 5) is 0. The van der Waals surface area contributed by atoms with Gasteiger partial charge in [0.1, 0.15) is 24.4 Å². The summed E-state index contributed by atoms with van der Waals surface area (Å²) in [5.41, 5.74) is 1.85. The average molecular weight is 274 g/mol. The Morgan fingerprint density at radius 2 is 1.70 bits per heavy atom. The maximum Gasteiger partial charge on any atom is 0.113 e. The maximum absolute atomic E-state index is 10.1. The van der Waals surface area contributed by atoms with E-state index in [1.807, 2.05) is 43.3 Å². The molecule has 0 amide bonds. The largest absolute Gasteiger partial charge is 0.394 e. The van der Waals surface area contributed by atoms with Crippen LogP contribution in [0.5, 0.6) is 0 Å². The van der Waals surface area contributed by atoms with E-state index < -0.39 is 24.4 Å². The van der Waals surface area contributed by atoms with Crippen LogP contribution in [0.4, 0.5) is 0 Å². The lowest BCUT2D eigenvalue weighted by Gasteiger charge is -2.18. The third kappa shape index (κ3) is 2.11. The zero-order valence-corrected chi connectivity index (χ0v) is 11.2. The lowest BCUT2D eigenvalue weighted by Crippen LogP contribution is -2.32. The molecule has 2 aromatic rings. The minimum atomic E-state index is -1.06. The molecule has 2 aromatic carbocycles. The Morgan fingerprint density at radius 3 is 2.30 bits per heavy atom. The van der Waals surface area contributed by atoms with E-state index in [1.54, 1.807) is 0 Å². The van der Waals surface area contributed by atoms with Crippen LogP contribution in [-0.2, 0) is 4.74 Å². The van der Waals surface area contributed by atoms with E-state index in [1.165, 1.54) is 0 Å². The zero-order valence-electron chi connectivity index (χ0n) is 11.2. The van der Waals surface area contributed by atoms with Crippen molar-refractivity contribution >= 4 is 10.8 Å². The molecule has 1 aliphatic rings. The fourth-order valence-electron chi connectivity index (χ4n) is 2.83. The number of aryl methyl sites for hydroxylation is 1. The fraction of sp³-hybridized carbons (Fsp3) is 0.375. The molecule has 1 heterocycles. The summed E-state index contributed by atoms with van der Waals surface area (Å²) in [5, 5.41) is 31.3. The smallest absolute Gasteiger partial charge is 0.113 e. The molecule has 1 saturated heterocycles. The van der Waals surface area contributed by atoms with Gasteiger partial charge in [-0.05, 0) is 34.9 Å². The van der Waals surface area contributed by atoms with E-state index in [0.717, 1.165) is 21.9 Å². The second-order valence-electron chi connectivity index (χ2n) is 5.31. The molecule has 1 unspecified atom stereocenters. The Bertz CT molecular complexity index is 625. The van der Waals surface area contributed by atoms with Gasteiger partial charge in [-0.25, -0.2) is 0 Å². The number of benzene rings is 2. The first-order valence-corrected chi connectivity index (χ1v) is 6.73. The first-order chi connectivity index (χ1) is 9.61. The van der Waals surface area contributed by atoms with Crippen molar-refractivity contribution in [2.45, 2.75) is 31.3 Å². The molecule has 1 aliphatic heterocycles. The minimum Gasteiger partial charge on any atom is -0.394 e. The average Bonchev–Trinajstić information content (AvgIpc) is 2.74. The van der Waals surface area contributed by atoms with Crippen LogP contribution < -0.4 is 0 Å². The summed E-state index contributed by atoms with van der Waals surface area (Å²) in [6, 6.07) is 12.0. The number of hydrogen-bond donors (Lipinski definition) is 3. The molecule has 1 fully saturated rings. The quantitative estimate of drug-likeness (QED) is 0.772. The molecule has 4 heteroatoms. The van der Waals surface area contributed by atoms with Crippen molar-refractivity contribution in [2.75, 3.05) is 6.61 Å². The summed E-state index contributed by atoms with van der Waals surface area (Å²) >= 11 is 0. The van der Waals surface area contributed by atoms with Gasteiger partial charge in [-0.2, -0.15) is 0 Å². The second kappa shape index (κ2) is 5.14. The van der Waals surface area contributed by atoms with Gasteiger partial charge < -0.3 is 20.1 Å². The molecular formula is C16H18O4. The Morgan fingerprint density at radius 1 is 1.05 bits per heavy atom. The molecule has 0 aromatic heterocycles. The third-order valence-corrected chi connectivity index (χ3v) is 3.98. The van der Waals surface area contributed by atoms with Crippen LogP contribution >= 0.6 is 0 Å². The van der Waals surface area contributed by atoms with Crippen molar-refractivity contribution in [3.05, 3.63) is 47.5 Å². The molecule has 0 spiro atoms. The van der Waals surface area contributed by atoms with E-state index in [4.69, 9.17) is 9.84 Å². The van der Waals surface area contributed by atoms with Crippen LogP contribution in [0.15, 0.2) is 36.4 Å². The minimum absolute atomic E-state index is 0.304. The van der Waals surface area contributed by atoms with Crippen LogP contribution in [0.1, 0.15) is 17.2 Å². The van der Waals surface area contributed by atoms with E-state index in [-0.39, 0.29) is 6.61 Å². The number of rotatable bonds is 2. The van der Waals surface area contributed by atoms with Crippen molar-refractivity contribution in [1.82, 2.24) is 0 Å². The van der Waals surface area contributed by atoms with Gasteiger partial charge in [0.25, 0.3) is 0 Å². The molecule has 0 radical (unpaired) electrons. The van der Waals surface area contributed by atoms with Crippen molar-refractivity contribution in [3.63, 3.8) is 0 Å². The highest BCUT2D eigenvalue weighted by atomic mass is 16.6. The second-order valence-corrected chi connectivity index (χ2v) is 5.31. The number of aliphatic hydroxyl groups excluding tert-OH is 3. The van der Waals surface area contributed by atoms with Gasteiger partial charge in [0.2, 0.25) is 0 Å². The summed E-state index contributed by atoms with van der Waals surface area (Å²) < 4.78 is 5.60. The molecular weight excluding hydrogens is 256 g/mol. The number of ether oxygens (including phenoxy) is 1. The van der Waals surface area contributed by atoms with Gasteiger partial charge in [0, 0.05) is 0 Å². The number of fused-ring (bicyclic) bond motifs is 1. The Hall–Kier alpha value is -1.46. The van der Waals surface area contributed by atoms with Gasteiger partial charge in [-0.15, -0.1) is 0 Å². The SMILES string of the molecule is Cc1cc2ccccc2cc1[C@@H]1O[C@H](CO)C(O)[C@@H]1O. The first-order valence-electron chi connectivity index (χ1n) is 6.73. The third-order valence-electron chi connectivity index (χ3n) is 3.98. The fourth-order valence-corrected chi connectivity index (χ4v) is 2.83. The molecule has 0 bridgehead atoms. The summed E-state index contributed by atoms with van der Waals surface area (Å²) in [6.45, 7) is 1.65. The van der Waals surface area contributed by atoms with E-state index >= 15 is 0 Å². The summed E-state index contributed by atoms with van der Waals surface area (Å²) in [6.07, 6.45) is -3.42. The van der Waals surface area contributed by atoms with Gasteiger partial charge in [0.15, 0.2) is 0 Å². The van der Waals surface area contributed by atoms with Crippen LogP contribution in [0.25, 0.3) is 10.8 Å². The molecule has 0 saturated carbocycles. The van der Waals surface area contributed by atoms with Crippen molar-refractivity contribution in [1.29, 1.82) is 0 Å². The molecule has 20 heavy (non-hydrogen) atoms. The number of aliphatic hydroxyl groups is 3. The predicted molar refractivity (Wildman–Crippen MR) is 75.4 cm³/mol. The highest BCUT2D eigenvalue weighted by molar-refractivity contribution is 5.84. The highest BCUT2D eigenvalue weighted by Crippen LogP contribution is 2.36. The van der Waals surface area contributed by atoms with Gasteiger partial charge >= 0.3 is 0 Å². The van der Waals surface area contributed by atoms with Crippen LogP contribution in [-0.4, -0.2) is 40.2 Å². The van der Waals surface area contributed by atoms with E-state index in [0.29, 0.717) is 0 Å². The zero-order chi connectivity index (χ0) is 14.3. The lowest BCUT2D eigenvalue weighted by molar-refractivity contribution is -0.0228. The molecule has 3 rings (SSSR count). The first kappa shape index (κ1) is 13.5. The molecule has 0 aliphatic carbocycles. The normalized spacial score (nSPS) is 30.0. The van der Waals surface area contributed by atoms with Crippen molar-refractivity contribution < 1.29 is 20.1 Å². The standard InChI is InChI=1S/C16H18O4/c1-9-6-10-4-2-3-5-11(10)7-12(9)16-15(19)14(18)13(8-17)20-16/h2-7,13-19H,8H2,1H3/t13-,14?,15+,16+/m1/s1. The summed E-state index contributed by atoms with van der Waals surface area (Å²) in [7, 11) is 0. The van der Waals surface area contributed by atoms with Crippen molar-refractivity contribution in [3.8, 4) is 0 Å². The van der Waals surface area contributed by atoms with E-state index in [9.17, 15) is 10.2 Å². The molecule has 106 valence electrons. The Balaban J connectivity index is 2.04. The maximum atomic E-state index is 10.1. The van der Waals surface area contributed by atoms with Gasteiger partial charge in [-0.3, -0.25) is 0 Å².